The molecule has 3 aromatic rings. The summed E-state index contributed by atoms with van der Waals surface area (Å²) in [7, 11) is 1.60. The van der Waals surface area contributed by atoms with Crippen LogP contribution in [0.15, 0.2) is 53.5 Å². The van der Waals surface area contributed by atoms with Gasteiger partial charge < -0.3 is 14.9 Å². The Bertz CT molecular complexity index is 1230. The number of rotatable bonds is 6. The minimum Gasteiger partial charge on any atom is -0.497 e. The third-order valence-electron chi connectivity index (χ3n) is 4.86. The molecule has 1 atom stereocenters. The van der Waals surface area contributed by atoms with Gasteiger partial charge in [-0.1, -0.05) is 30.3 Å². The predicted octanol–water partition coefficient (Wildman–Crippen LogP) is 5.12. The molecule has 30 heavy (non-hydrogen) atoms. The minimum absolute atomic E-state index is 0.156. The van der Waals surface area contributed by atoms with Crippen LogP contribution in [0.3, 0.4) is 0 Å². The Balaban J connectivity index is 1.71. The summed E-state index contributed by atoms with van der Waals surface area (Å²) in [5.41, 5.74) is 3.33. The molecule has 8 heteroatoms. The van der Waals surface area contributed by atoms with Crippen LogP contribution < -0.4 is 4.74 Å². The molecular weight excluding hydrogens is 420 g/mol. The first-order valence-corrected chi connectivity index (χ1v) is 10.4. The van der Waals surface area contributed by atoms with E-state index < -0.39 is 12.0 Å². The summed E-state index contributed by atoms with van der Waals surface area (Å²) >= 11 is 6.57. The Morgan fingerprint density at radius 2 is 2.07 bits per heavy atom. The normalized spacial score (nSPS) is 14.6. The number of nitrogens with zero attached hydrogens (tertiary/aromatic N) is 2. The summed E-state index contributed by atoms with van der Waals surface area (Å²) in [4.78, 5) is 16.8. The number of aliphatic carboxylic acids is 1. The summed E-state index contributed by atoms with van der Waals surface area (Å²) in [6.45, 7) is 0. The zero-order valence-electron chi connectivity index (χ0n) is 16.0. The molecule has 2 N–H and O–H groups in total. The highest BCUT2D eigenvalue weighted by atomic mass is 32.1. The second-order valence-electron chi connectivity index (χ2n) is 6.71. The van der Waals surface area contributed by atoms with E-state index in [1.165, 1.54) is 15.9 Å². The molecule has 4 rings (SSSR count). The predicted molar refractivity (Wildman–Crippen MR) is 121 cm³/mol. The molecule has 1 aromatic heterocycles. The summed E-state index contributed by atoms with van der Waals surface area (Å²) in [5, 5.41) is 20.6. The van der Waals surface area contributed by atoms with Crippen LogP contribution in [0.5, 0.6) is 11.6 Å². The van der Waals surface area contributed by atoms with Crippen molar-refractivity contribution >= 4 is 53.1 Å². The van der Waals surface area contributed by atoms with E-state index in [9.17, 15) is 15.0 Å². The maximum absolute atomic E-state index is 12.0. The van der Waals surface area contributed by atoms with E-state index in [4.69, 9.17) is 17.0 Å². The molecule has 0 amide bonds. The standard InChI is InChI=1S/C22H18N2O4S2/c1-28-15-7-8-16-14(12-23-17(16)11-15)10-19-20(25)24(22(29)30-19)18(21(26)27)9-13-5-3-2-4-6-13/h2-8,10-12,18,25H,9H2,1H3,(H,26,27)/b14-10+. The number of carboxylic acid groups (broad SMARTS) is 1. The van der Waals surface area contributed by atoms with Gasteiger partial charge in [-0.25, -0.2) is 4.79 Å². The van der Waals surface area contributed by atoms with Crippen molar-refractivity contribution < 1.29 is 19.7 Å². The quantitative estimate of drug-likeness (QED) is 0.522. The monoisotopic (exact) mass is 438 g/mol. The highest BCUT2D eigenvalue weighted by Gasteiger charge is 2.26. The number of aromatic hydroxyl groups is 1. The van der Waals surface area contributed by atoms with Gasteiger partial charge in [-0.05, 0) is 36.0 Å². The zero-order chi connectivity index (χ0) is 21.3. The fourth-order valence-electron chi connectivity index (χ4n) is 3.34. The summed E-state index contributed by atoms with van der Waals surface area (Å²) in [6, 6.07) is 13.8. The Morgan fingerprint density at radius 1 is 1.30 bits per heavy atom. The van der Waals surface area contributed by atoms with Crippen molar-refractivity contribution in [2.75, 3.05) is 7.11 Å². The molecule has 0 saturated heterocycles. The van der Waals surface area contributed by atoms with Gasteiger partial charge in [-0.15, -0.1) is 11.3 Å². The number of benzene rings is 2. The number of carboxylic acids is 1. The highest BCUT2D eigenvalue weighted by molar-refractivity contribution is 7.73. The molecule has 2 aromatic carbocycles. The topological polar surface area (TPSA) is 84.1 Å². The Kier molecular flexibility index (Phi) is 5.52. The molecule has 6 nitrogen and oxygen atoms in total. The molecule has 0 aliphatic carbocycles. The van der Waals surface area contributed by atoms with E-state index in [2.05, 4.69) is 4.99 Å². The van der Waals surface area contributed by atoms with Crippen LogP contribution in [0.2, 0.25) is 0 Å². The molecular formula is C22H18N2O4S2. The van der Waals surface area contributed by atoms with Crippen molar-refractivity contribution in [2.24, 2.45) is 4.99 Å². The van der Waals surface area contributed by atoms with Crippen molar-refractivity contribution in [3.63, 3.8) is 0 Å². The first-order valence-electron chi connectivity index (χ1n) is 9.13. The molecule has 0 fully saturated rings. The van der Waals surface area contributed by atoms with Gasteiger partial charge in [0.05, 0.1) is 17.7 Å². The molecule has 1 aliphatic rings. The Hall–Kier alpha value is -3.23. The molecule has 0 spiro atoms. The number of aromatic nitrogens is 1. The molecule has 0 saturated carbocycles. The van der Waals surface area contributed by atoms with Gasteiger partial charge in [-0.3, -0.25) is 9.56 Å². The number of hydrogen-bond acceptors (Lipinski definition) is 6. The minimum atomic E-state index is -1.05. The number of ether oxygens (including phenoxy) is 1. The molecule has 152 valence electrons. The second-order valence-corrected chi connectivity index (χ2v) is 8.39. The van der Waals surface area contributed by atoms with Crippen LogP contribution >= 0.6 is 23.6 Å². The van der Waals surface area contributed by atoms with Gasteiger partial charge in [0.15, 0.2) is 3.95 Å². The van der Waals surface area contributed by atoms with Crippen molar-refractivity contribution in [1.82, 2.24) is 4.57 Å². The van der Waals surface area contributed by atoms with E-state index >= 15 is 0 Å². The molecule has 1 aliphatic heterocycles. The first kappa shape index (κ1) is 20.1. The van der Waals surface area contributed by atoms with E-state index in [-0.39, 0.29) is 12.3 Å². The van der Waals surface area contributed by atoms with Crippen LogP contribution in [-0.2, 0) is 11.2 Å². The highest BCUT2D eigenvalue weighted by Crippen LogP contribution is 2.38. The van der Waals surface area contributed by atoms with Gasteiger partial charge in [0.1, 0.15) is 11.8 Å². The van der Waals surface area contributed by atoms with Crippen LogP contribution in [0, 0.1) is 3.95 Å². The molecule has 2 heterocycles. The molecule has 0 radical (unpaired) electrons. The number of thiazole rings is 1. The van der Waals surface area contributed by atoms with E-state index in [0.717, 1.165) is 22.4 Å². The van der Waals surface area contributed by atoms with Crippen LogP contribution in [0.25, 0.3) is 11.6 Å². The van der Waals surface area contributed by atoms with Crippen molar-refractivity contribution in [3.05, 3.63) is 68.5 Å². The smallest absolute Gasteiger partial charge is 0.327 e. The number of fused-ring (bicyclic) bond motifs is 1. The summed E-state index contributed by atoms with van der Waals surface area (Å²) < 4.78 is 6.83. The maximum atomic E-state index is 12.0. The Morgan fingerprint density at radius 3 is 2.77 bits per heavy atom. The molecule has 0 bridgehead atoms. The number of allylic oxidation sites excluding steroid dienone is 1. The average molecular weight is 439 g/mol. The Labute approximate surface area is 182 Å². The lowest BCUT2D eigenvalue weighted by Gasteiger charge is -2.15. The zero-order valence-corrected chi connectivity index (χ0v) is 17.6. The molecule has 1 unspecified atom stereocenters. The average Bonchev–Trinajstić information content (AvgIpc) is 3.27. The van der Waals surface area contributed by atoms with Gasteiger partial charge in [0.25, 0.3) is 0 Å². The maximum Gasteiger partial charge on any atom is 0.327 e. The second kappa shape index (κ2) is 8.25. The lowest BCUT2D eigenvalue weighted by molar-refractivity contribution is -0.141. The number of methoxy groups -OCH3 is 1. The largest absolute Gasteiger partial charge is 0.497 e. The van der Waals surface area contributed by atoms with E-state index in [1.807, 2.05) is 48.5 Å². The fourth-order valence-corrected chi connectivity index (χ4v) is 4.70. The van der Waals surface area contributed by atoms with Crippen molar-refractivity contribution in [2.45, 2.75) is 12.5 Å². The summed E-state index contributed by atoms with van der Waals surface area (Å²) in [6.07, 6.45) is 3.69. The van der Waals surface area contributed by atoms with Crippen LogP contribution in [0.1, 0.15) is 22.0 Å². The van der Waals surface area contributed by atoms with Crippen molar-refractivity contribution in [1.29, 1.82) is 0 Å². The van der Waals surface area contributed by atoms with E-state index in [1.54, 1.807) is 19.4 Å². The number of carbonyl (C=O) groups is 1. The van der Waals surface area contributed by atoms with Gasteiger partial charge >= 0.3 is 5.97 Å². The third-order valence-corrected chi connectivity index (χ3v) is 6.19. The lowest BCUT2D eigenvalue weighted by Crippen LogP contribution is -2.21. The van der Waals surface area contributed by atoms with Crippen LogP contribution in [0.4, 0.5) is 5.69 Å². The van der Waals surface area contributed by atoms with E-state index in [0.29, 0.717) is 14.6 Å². The SMILES string of the molecule is COc1ccc2c(c1)N=C/C2=C\c1sc(=S)n(C(Cc2ccccc2)C(=O)O)c1O. The third kappa shape index (κ3) is 3.79. The first-order chi connectivity index (χ1) is 14.5. The van der Waals surface area contributed by atoms with Gasteiger partial charge in [-0.2, -0.15) is 0 Å². The number of hydrogen-bond donors (Lipinski definition) is 2. The number of aliphatic imine (C=N–C) groups is 1. The van der Waals surface area contributed by atoms with Gasteiger partial charge in [0.2, 0.25) is 5.88 Å². The fraction of sp³-hybridized carbons (Fsp3) is 0.136. The van der Waals surface area contributed by atoms with Crippen molar-refractivity contribution in [3.8, 4) is 11.6 Å². The van der Waals surface area contributed by atoms with Crippen LogP contribution in [-0.4, -0.2) is 34.1 Å². The lowest BCUT2D eigenvalue weighted by atomic mass is 10.1. The van der Waals surface area contributed by atoms with Gasteiger partial charge in [0, 0.05) is 29.8 Å². The summed E-state index contributed by atoms with van der Waals surface area (Å²) in [5.74, 6) is -0.500.